The van der Waals surface area contributed by atoms with Crippen molar-refractivity contribution in [1.29, 1.82) is 5.26 Å². The van der Waals surface area contributed by atoms with E-state index in [1.165, 1.54) is 12.1 Å². The number of halogens is 3. The van der Waals surface area contributed by atoms with Crippen LogP contribution in [-0.4, -0.2) is 52.0 Å². The van der Waals surface area contributed by atoms with Gasteiger partial charge in [0.2, 0.25) is 11.7 Å². The van der Waals surface area contributed by atoms with Crippen LogP contribution in [0.25, 0.3) is 11.4 Å². The van der Waals surface area contributed by atoms with E-state index in [0.29, 0.717) is 49.7 Å². The van der Waals surface area contributed by atoms with Crippen LogP contribution >= 0.6 is 0 Å². The summed E-state index contributed by atoms with van der Waals surface area (Å²) < 4.78 is 44.0. The standard InChI is InChI=1S/C22H18F3N5O2/c23-22(24,25)18-6-2-4-16(12-18)20-27-19(32-28-20)14-29-7-9-30(10-8-29)21(31)17-5-1-3-15(11-17)13-26/h1-6,11-12H,7-10,14H2. The van der Waals surface area contributed by atoms with Gasteiger partial charge in [-0.15, -0.1) is 0 Å². The van der Waals surface area contributed by atoms with Crippen LogP contribution in [0.5, 0.6) is 0 Å². The fourth-order valence-corrected chi connectivity index (χ4v) is 3.48. The number of rotatable bonds is 4. The lowest BCUT2D eigenvalue weighted by molar-refractivity contribution is -0.137. The number of aromatic nitrogens is 2. The maximum atomic E-state index is 12.9. The van der Waals surface area contributed by atoms with Gasteiger partial charge in [-0.1, -0.05) is 23.4 Å². The zero-order chi connectivity index (χ0) is 22.7. The highest BCUT2D eigenvalue weighted by Crippen LogP contribution is 2.31. The van der Waals surface area contributed by atoms with Crippen LogP contribution in [0.4, 0.5) is 13.2 Å². The first kappa shape index (κ1) is 21.5. The van der Waals surface area contributed by atoms with Crippen LogP contribution in [0, 0.1) is 11.3 Å². The molecule has 1 amide bonds. The van der Waals surface area contributed by atoms with Crippen LogP contribution in [0.2, 0.25) is 0 Å². The average molecular weight is 441 g/mol. The first-order valence-electron chi connectivity index (χ1n) is 9.85. The van der Waals surface area contributed by atoms with E-state index in [1.54, 1.807) is 29.2 Å². The molecule has 32 heavy (non-hydrogen) atoms. The van der Waals surface area contributed by atoms with Gasteiger partial charge in [0, 0.05) is 37.3 Å². The highest BCUT2D eigenvalue weighted by molar-refractivity contribution is 5.94. The Balaban J connectivity index is 1.36. The molecule has 10 heteroatoms. The van der Waals surface area contributed by atoms with Crippen LogP contribution in [-0.2, 0) is 12.7 Å². The van der Waals surface area contributed by atoms with E-state index in [0.717, 1.165) is 12.1 Å². The second kappa shape index (κ2) is 8.80. The summed E-state index contributed by atoms with van der Waals surface area (Å²) in [6, 6.07) is 13.4. The second-order valence-electron chi connectivity index (χ2n) is 7.35. The fourth-order valence-electron chi connectivity index (χ4n) is 3.48. The lowest BCUT2D eigenvalue weighted by atomic mass is 10.1. The summed E-state index contributed by atoms with van der Waals surface area (Å²) in [6.45, 7) is 2.46. The highest BCUT2D eigenvalue weighted by atomic mass is 19.4. The molecule has 2 aromatic carbocycles. The number of piperazine rings is 1. The fraction of sp³-hybridized carbons (Fsp3) is 0.273. The summed E-state index contributed by atoms with van der Waals surface area (Å²) in [5.41, 5.74) is 0.356. The van der Waals surface area contributed by atoms with Gasteiger partial charge in [0.25, 0.3) is 5.91 Å². The molecular formula is C22H18F3N5O2. The van der Waals surface area contributed by atoms with Gasteiger partial charge in [-0.3, -0.25) is 9.69 Å². The van der Waals surface area contributed by atoms with Gasteiger partial charge in [0.1, 0.15) is 0 Å². The number of nitriles is 1. The quantitative estimate of drug-likeness (QED) is 0.615. The largest absolute Gasteiger partial charge is 0.416 e. The van der Waals surface area contributed by atoms with Crippen molar-refractivity contribution >= 4 is 5.91 Å². The van der Waals surface area contributed by atoms with Crippen LogP contribution in [0.1, 0.15) is 27.4 Å². The smallest absolute Gasteiger partial charge is 0.338 e. The number of hydrogen-bond acceptors (Lipinski definition) is 6. The average Bonchev–Trinajstić information content (AvgIpc) is 3.27. The molecule has 0 radical (unpaired) electrons. The van der Waals surface area contributed by atoms with Crippen LogP contribution in [0.15, 0.2) is 53.1 Å². The molecule has 1 aromatic heterocycles. The molecule has 1 saturated heterocycles. The molecular weight excluding hydrogens is 423 g/mol. The topological polar surface area (TPSA) is 86.3 Å². The van der Waals surface area contributed by atoms with Crippen molar-refractivity contribution in [3.63, 3.8) is 0 Å². The normalized spacial score (nSPS) is 14.9. The van der Waals surface area contributed by atoms with E-state index in [-0.39, 0.29) is 17.3 Å². The highest BCUT2D eigenvalue weighted by Gasteiger charge is 2.31. The summed E-state index contributed by atoms with van der Waals surface area (Å²) in [6.07, 6.45) is -4.45. The van der Waals surface area contributed by atoms with E-state index >= 15 is 0 Å². The van der Waals surface area contributed by atoms with E-state index in [9.17, 15) is 18.0 Å². The lowest BCUT2D eigenvalue weighted by Gasteiger charge is -2.34. The monoisotopic (exact) mass is 441 g/mol. The SMILES string of the molecule is N#Cc1cccc(C(=O)N2CCN(Cc3nc(-c4cccc(C(F)(F)F)c4)no3)CC2)c1. The Hall–Kier alpha value is -3.71. The predicted octanol–water partition coefficient (Wildman–Crippen LogP) is 3.59. The summed E-state index contributed by atoms with van der Waals surface area (Å²) >= 11 is 0. The van der Waals surface area contributed by atoms with Crippen molar-refractivity contribution in [2.75, 3.05) is 26.2 Å². The van der Waals surface area contributed by atoms with Gasteiger partial charge in [-0.25, -0.2) is 0 Å². The van der Waals surface area contributed by atoms with Gasteiger partial charge >= 0.3 is 6.18 Å². The molecule has 0 N–H and O–H groups in total. The zero-order valence-electron chi connectivity index (χ0n) is 16.8. The third-order valence-corrected chi connectivity index (χ3v) is 5.17. The first-order valence-corrected chi connectivity index (χ1v) is 9.85. The molecule has 0 spiro atoms. The molecule has 0 aliphatic carbocycles. The summed E-state index contributed by atoms with van der Waals surface area (Å²) in [7, 11) is 0. The summed E-state index contributed by atoms with van der Waals surface area (Å²) in [5, 5.41) is 12.8. The Kier molecular flexibility index (Phi) is 5.92. The number of carbonyl (C=O) groups is 1. The van der Waals surface area contributed by atoms with Crippen LogP contribution in [0.3, 0.4) is 0 Å². The van der Waals surface area contributed by atoms with E-state index in [2.05, 4.69) is 10.1 Å². The van der Waals surface area contributed by atoms with Crippen molar-refractivity contribution in [1.82, 2.24) is 19.9 Å². The number of carbonyl (C=O) groups excluding carboxylic acids is 1. The van der Waals surface area contributed by atoms with Crippen LogP contribution < -0.4 is 0 Å². The Labute approximate surface area is 181 Å². The van der Waals surface area contributed by atoms with Gasteiger partial charge in [0.05, 0.1) is 23.7 Å². The molecule has 4 rings (SSSR count). The van der Waals surface area contributed by atoms with Gasteiger partial charge in [-0.2, -0.15) is 23.4 Å². The number of alkyl halides is 3. The van der Waals surface area contributed by atoms with Crippen molar-refractivity contribution in [2.45, 2.75) is 12.7 Å². The summed E-state index contributed by atoms with van der Waals surface area (Å²) in [4.78, 5) is 20.6. The molecule has 3 aromatic rings. The maximum absolute atomic E-state index is 12.9. The molecule has 1 aliphatic heterocycles. The van der Waals surface area contributed by atoms with E-state index < -0.39 is 11.7 Å². The first-order chi connectivity index (χ1) is 15.3. The Morgan fingerprint density at radius 2 is 1.84 bits per heavy atom. The minimum atomic E-state index is -4.45. The number of nitrogens with zero attached hydrogens (tertiary/aromatic N) is 5. The third kappa shape index (κ3) is 4.78. The number of benzene rings is 2. The molecule has 0 bridgehead atoms. The molecule has 164 valence electrons. The molecule has 0 unspecified atom stereocenters. The molecule has 0 saturated carbocycles. The molecule has 0 atom stereocenters. The Morgan fingerprint density at radius 1 is 1.09 bits per heavy atom. The molecule has 1 fully saturated rings. The van der Waals surface area contributed by atoms with Crippen molar-refractivity contribution in [3.8, 4) is 17.5 Å². The third-order valence-electron chi connectivity index (χ3n) is 5.17. The van der Waals surface area contributed by atoms with E-state index in [4.69, 9.17) is 9.78 Å². The Bertz CT molecular complexity index is 1160. The summed E-state index contributed by atoms with van der Waals surface area (Å²) in [5.74, 6) is 0.252. The minimum Gasteiger partial charge on any atom is -0.338 e. The van der Waals surface area contributed by atoms with Crippen molar-refractivity contribution in [2.24, 2.45) is 0 Å². The maximum Gasteiger partial charge on any atom is 0.416 e. The minimum absolute atomic E-state index is 0.0947. The second-order valence-corrected chi connectivity index (χ2v) is 7.35. The van der Waals surface area contributed by atoms with E-state index in [1.807, 2.05) is 11.0 Å². The lowest BCUT2D eigenvalue weighted by Crippen LogP contribution is -2.48. The molecule has 7 nitrogen and oxygen atoms in total. The van der Waals surface area contributed by atoms with Gasteiger partial charge in [-0.05, 0) is 30.3 Å². The number of amides is 1. The van der Waals surface area contributed by atoms with Gasteiger partial charge < -0.3 is 9.42 Å². The molecule has 2 heterocycles. The zero-order valence-corrected chi connectivity index (χ0v) is 16.8. The van der Waals surface area contributed by atoms with Gasteiger partial charge in [0.15, 0.2) is 0 Å². The number of hydrogen-bond donors (Lipinski definition) is 0. The van der Waals surface area contributed by atoms with Crippen molar-refractivity contribution < 1.29 is 22.5 Å². The predicted molar refractivity (Wildman–Crippen MR) is 107 cm³/mol. The van der Waals surface area contributed by atoms with Crippen molar-refractivity contribution in [3.05, 3.63) is 71.1 Å². The Morgan fingerprint density at radius 3 is 2.56 bits per heavy atom. The molecule has 1 aliphatic rings.